The lowest BCUT2D eigenvalue weighted by molar-refractivity contribution is -0.274. The predicted molar refractivity (Wildman–Crippen MR) is 71.5 cm³/mol. The van der Waals surface area contributed by atoms with Crippen LogP contribution < -0.4 is 10.1 Å². The average molecular weight is 299 g/mol. The number of hydrogen-bond donors (Lipinski definition) is 1. The first-order valence-electron chi connectivity index (χ1n) is 6.71. The van der Waals surface area contributed by atoms with E-state index in [-0.39, 0.29) is 24.1 Å². The second-order valence-corrected chi connectivity index (χ2v) is 4.90. The van der Waals surface area contributed by atoms with Crippen LogP contribution in [0.2, 0.25) is 0 Å². The second kappa shape index (κ2) is 6.65. The summed E-state index contributed by atoms with van der Waals surface area (Å²) < 4.78 is 40.8. The van der Waals surface area contributed by atoms with Crippen LogP contribution in [0.25, 0.3) is 0 Å². The minimum atomic E-state index is -4.74. The summed E-state index contributed by atoms with van der Waals surface area (Å²) in [5, 5.41) is 2.63. The van der Waals surface area contributed by atoms with Crippen LogP contribution >= 0.6 is 0 Å². The van der Waals surface area contributed by atoms with Crippen molar-refractivity contribution in [3.63, 3.8) is 0 Å². The van der Waals surface area contributed by atoms with Gasteiger partial charge in [0.25, 0.3) is 0 Å². The van der Waals surface area contributed by atoms with Crippen LogP contribution in [-0.2, 0) is 11.3 Å². The van der Waals surface area contributed by atoms with Gasteiger partial charge in [-0.2, -0.15) is 0 Å². The van der Waals surface area contributed by atoms with Crippen molar-refractivity contribution < 1.29 is 22.7 Å². The highest BCUT2D eigenvalue weighted by molar-refractivity contribution is 5.76. The molecule has 1 aliphatic rings. The number of carbonyl (C=O) groups excluding carboxylic acids is 1. The highest BCUT2D eigenvalue weighted by atomic mass is 19.4. The number of alkyl halides is 3. The zero-order valence-corrected chi connectivity index (χ0v) is 11.3. The maximum absolute atomic E-state index is 12.3. The van der Waals surface area contributed by atoms with Gasteiger partial charge in [0.15, 0.2) is 0 Å². The number of halogens is 3. The van der Waals surface area contributed by atoms with Gasteiger partial charge in [-0.15, -0.1) is 13.2 Å². The van der Waals surface area contributed by atoms with Crippen molar-refractivity contribution in [1.29, 1.82) is 0 Å². The highest BCUT2D eigenvalue weighted by Gasteiger charge is 2.32. The van der Waals surface area contributed by atoms with Crippen molar-refractivity contribution in [2.75, 3.05) is 0 Å². The Morgan fingerprint density at radius 3 is 2.76 bits per heavy atom. The molecule has 21 heavy (non-hydrogen) atoms. The third kappa shape index (κ3) is 5.13. The molecule has 0 aliphatic heterocycles. The second-order valence-electron chi connectivity index (χ2n) is 4.90. The Morgan fingerprint density at radius 2 is 2.10 bits per heavy atom. The molecule has 114 valence electrons. The van der Waals surface area contributed by atoms with Gasteiger partial charge in [0.2, 0.25) is 5.91 Å². The normalized spacial score (nSPS) is 17.8. The number of ether oxygens (including phenoxy) is 1. The van der Waals surface area contributed by atoms with Gasteiger partial charge in [-0.05, 0) is 24.8 Å². The molecule has 0 fully saturated rings. The lowest BCUT2D eigenvalue weighted by atomic mass is 10.0. The topological polar surface area (TPSA) is 38.3 Å². The molecule has 0 saturated carbocycles. The molecule has 1 aromatic rings. The van der Waals surface area contributed by atoms with Crippen molar-refractivity contribution in [2.45, 2.75) is 32.2 Å². The zero-order valence-electron chi connectivity index (χ0n) is 11.3. The van der Waals surface area contributed by atoms with Crippen molar-refractivity contribution >= 4 is 5.91 Å². The smallest absolute Gasteiger partial charge is 0.405 e. The van der Waals surface area contributed by atoms with Gasteiger partial charge in [-0.3, -0.25) is 4.79 Å². The minimum absolute atomic E-state index is 0.0154. The Balaban J connectivity index is 1.90. The first kappa shape index (κ1) is 15.4. The highest BCUT2D eigenvalue weighted by Crippen LogP contribution is 2.26. The van der Waals surface area contributed by atoms with Gasteiger partial charge in [0, 0.05) is 18.5 Å². The lowest BCUT2D eigenvalue weighted by Gasteiger charge is -2.14. The Kier molecular flexibility index (Phi) is 4.88. The van der Waals surface area contributed by atoms with E-state index in [2.05, 4.69) is 10.1 Å². The molecule has 0 bridgehead atoms. The van der Waals surface area contributed by atoms with Crippen LogP contribution in [-0.4, -0.2) is 12.3 Å². The third-order valence-electron chi connectivity index (χ3n) is 3.23. The number of hydrogen-bond acceptors (Lipinski definition) is 2. The van der Waals surface area contributed by atoms with Gasteiger partial charge >= 0.3 is 6.36 Å². The molecule has 3 nitrogen and oxygen atoms in total. The van der Waals surface area contributed by atoms with E-state index >= 15 is 0 Å². The lowest BCUT2D eigenvalue weighted by Crippen LogP contribution is -2.25. The van der Waals surface area contributed by atoms with Crippen molar-refractivity contribution in [3.05, 3.63) is 42.0 Å². The Bertz CT molecular complexity index is 526. The Hall–Kier alpha value is -1.98. The van der Waals surface area contributed by atoms with Crippen molar-refractivity contribution in [2.24, 2.45) is 5.92 Å². The fourth-order valence-electron chi connectivity index (χ4n) is 2.24. The van der Waals surface area contributed by atoms with E-state index in [0.29, 0.717) is 12.0 Å². The van der Waals surface area contributed by atoms with Gasteiger partial charge in [0.05, 0.1) is 0 Å². The van der Waals surface area contributed by atoms with E-state index in [1.54, 1.807) is 6.07 Å². The summed E-state index contributed by atoms with van der Waals surface area (Å²) in [5.41, 5.74) is 0.296. The fraction of sp³-hybridized carbons (Fsp3) is 0.400. The number of rotatable bonds is 5. The molecule has 1 N–H and O–H groups in total. The molecule has 1 unspecified atom stereocenters. The van der Waals surface area contributed by atoms with Gasteiger partial charge in [-0.25, -0.2) is 0 Å². The summed E-state index contributed by atoms with van der Waals surface area (Å²) >= 11 is 0. The van der Waals surface area contributed by atoms with E-state index in [4.69, 9.17) is 0 Å². The van der Waals surface area contributed by atoms with Crippen LogP contribution in [0.4, 0.5) is 13.2 Å². The third-order valence-corrected chi connectivity index (χ3v) is 3.23. The van der Waals surface area contributed by atoms with E-state index in [0.717, 1.165) is 12.8 Å². The van der Waals surface area contributed by atoms with Crippen molar-refractivity contribution in [1.82, 2.24) is 5.32 Å². The first-order chi connectivity index (χ1) is 9.94. The zero-order chi connectivity index (χ0) is 15.3. The Labute approximate surface area is 120 Å². The summed E-state index contributed by atoms with van der Waals surface area (Å²) in [7, 11) is 0. The van der Waals surface area contributed by atoms with E-state index in [1.165, 1.54) is 18.2 Å². The molecule has 0 radical (unpaired) electrons. The van der Waals surface area contributed by atoms with Crippen LogP contribution in [0.1, 0.15) is 24.8 Å². The van der Waals surface area contributed by atoms with Crippen LogP contribution in [0.15, 0.2) is 36.4 Å². The molecule has 1 aliphatic carbocycles. The molecule has 1 atom stereocenters. The molecule has 0 spiro atoms. The number of benzene rings is 1. The monoisotopic (exact) mass is 299 g/mol. The molecule has 1 aromatic carbocycles. The SMILES string of the molecule is O=C(CC1C=CCC1)NCc1ccccc1OC(F)(F)F. The van der Waals surface area contributed by atoms with E-state index in [9.17, 15) is 18.0 Å². The number of nitrogens with one attached hydrogen (secondary N) is 1. The summed E-state index contributed by atoms with van der Waals surface area (Å²) in [6.07, 6.45) is 1.57. The fourth-order valence-corrected chi connectivity index (χ4v) is 2.24. The standard InChI is InChI=1S/C15H16F3NO2/c16-15(17,18)21-13-8-4-3-7-12(13)10-19-14(20)9-11-5-1-2-6-11/h1,3-5,7-8,11H,2,6,9-10H2,(H,19,20). The molecule has 0 saturated heterocycles. The number of para-hydroxylation sites is 1. The Morgan fingerprint density at radius 1 is 1.33 bits per heavy atom. The summed E-state index contributed by atoms with van der Waals surface area (Å²) in [4.78, 5) is 11.8. The largest absolute Gasteiger partial charge is 0.573 e. The van der Waals surface area contributed by atoms with Gasteiger partial charge < -0.3 is 10.1 Å². The summed E-state index contributed by atoms with van der Waals surface area (Å²) in [6, 6.07) is 5.78. The van der Waals surface area contributed by atoms with Crippen LogP contribution in [0, 0.1) is 5.92 Å². The van der Waals surface area contributed by atoms with E-state index < -0.39 is 6.36 Å². The quantitative estimate of drug-likeness (QED) is 0.844. The molecule has 2 rings (SSSR count). The first-order valence-corrected chi connectivity index (χ1v) is 6.71. The maximum Gasteiger partial charge on any atom is 0.573 e. The van der Waals surface area contributed by atoms with Gasteiger partial charge in [-0.1, -0.05) is 30.4 Å². The summed E-state index contributed by atoms with van der Waals surface area (Å²) in [5.74, 6) is -0.230. The van der Waals surface area contributed by atoms with Crippen LogP contribution in [0.5, 0.6) is 5.75 Å². The molecule has 6 heteroatoms. The molecule has 1 amide bonds. The molecular formula is C15H16F3NO2. The van der Waals surface area contributed by atoms with Crippen molar-refractivity contribution in [3.8, 4) is 5.75 Å². The summed E-state index contributed by atoms with van der Waals surface area (Å²) in [6.45, 7) is 0.0154. The minimum Gasteiger partial charge on any atom is -0.405 e. The number of allylic oxidation sites excluding steroid dienone is 2. The maximum atomic E-state index is 12.3. The van der Waals surface area contributed by atoms with Crippen LogP contribution in [0.3, 0.4) is 0 Å². The molecule has 0 heterocycles. The van der Waals surface area contributed by atoms with E-state index in [1.807, 2.05) is 12.2 Å². The van der Waals surface area contributed by atoms with Gasteiger partial charge in [0.1, 0.15) is 5.75 Å². The number of amides is 1. The predicted octanol–water partition coefficient (Wildman–Crippen LogP) is 3.56. The molecule has 0 aromatic heterocycles. The average Bonchev–Trinajstić information content (AvgIpc) is 2.89. The number of carbonyl (C=O) groups is 1. The molecular weight excluding hydrogens is 283 g/mol.